The number of nitrogen functional groups attached to an aromatic ring is 1. The molecule has 7 nitrogen and oxygen atoms in total. The second kappa shape index (κ2) is 7.54. The quantitative estimate of drug-likeness (QED) is 0.518. The molecule has 0 aliphatic carbocycles. The van der Waals surface area contributed by atoms with Crippen molar-refractivity contribution < 1.29 is 22.4 Å². The molecule has 4 rings (SSSR count). The first-order chi connectivity index (χ1) is 14.3. The topological polar surface area (TPSA) is 92.0 Å². The highest BCUT2D eigenvalue weighted by Gasteiger charge is 2.31. The fourth-order valence-electron chi connectivity index (χ4n) is 2.78. The lowest BCUT2D eigenvalue weighted by atomic mass is 10.1. The Labute approximate surface area is 168 Å². The van der Waals surface area contributed by atoms with Crippen LogP contribution in [0.5, 0.6) is 5.75 Å². The third-order valence-electron chi connectivity index (χ3n) is 4.26. The molecule has 10 heteroatoms. The van der Waals surface area contributed by atoms with Gasteiger partial charge in [0, 0.05) is 11.6 Å². The third kappa shape index (κ3) is 4.43. The van der Waals surface area contributed by atoms with E-state index in [2.05, 4.69) is 20.0 Å². The second-order valence-electron chi connectivity index (χ2n) is 6.59. The van der Waals surface area contributed by atoms with E-state index in [4.69, 9.17) is 10.3 Å². The predicted molar refractivity (Wildman–Crippen MR) is 102 cm³/mol. The Morgan fingerprint density at radius 1 is 1.07 bits per heavy atom. The van der Waals surface area contributed by atoms with Gasteiger partial charge in [-0.2, -0.15) is 10.1 Å². The van der Waals surface area contributed by atoms with Gasteiger partial charge in [-0.1, -0.05) is 35.0 Å². The zero-order valence-corrected chi connectivity index (χ0v) is 15.7. The van der Waals surface area contributed by atoms with Gasteiger partial charge in [0.2, 0.25) is 5.82 Å². The molecule has 0 spiro atoms. The van der Waals surface area contributed by atoms with Crippen LogP contribution in [0.15, 0.2) is 59.1 Å². The minimum absolute atomic E-state index is 0.148. The molecule has 0 bridgehead atoms. The predicted octanol–water partition coefficient (Wildman–Crippen LogP) is 4.44. The summed E-state index contributed by atoms with van der Waals surface area (Å²) in [6.45, 7) is 2.49. The van der Waals surface area contributed by atoms with Gasteiger partial charge in [0.1, 0.15) is 11.6 Å². The molecule has 2 aromatic carbocycles. The van der Waals surface area contributed by atoms with Crippen molar-refractivity contribution in [2.75, 3.05) is 5.73 Å². The molecule has 0 saturated heterocycles. The van der Waals surface area contributed by atoms with Gasteiger partial charge in [-0.3, -0.25) is 0 Å². The molecule has 0 aliphatic rings. The number of nitrogens with two attached hydrogens (primary N) is 1. The minimum Gasteiger partial charge on any atom is -0.406 e. The Kier molecular flexibility index (Phi) is 4.90. The van der Waals surface area contributed by atoms with Gasteiger partial charge in [-0.05, 0) is 36.8 Å². The molecule has 0 saturated carbocycles. The maximum atomic E-state index is 12.3. The minimum atomic E-state index is -4.75. The van der Waals surface area contributed by atoms with Crippen LogP contribution < -0.4 is 10.5 Å². The molecule has 0 aliphatic heterocycles. The van der Waals surface area contributed by atoms with E-state index >= 15 is 0 Å². The SMILES string of the molecule is Cc1ccc(Cn2nc(-c3nc(-c4ccc(OC(F)(F)F)cc4)no3)cc2N)cc1. The Bertz CT molecular complexity index is 1150. The molecule has 0 atom stereocenters. The zero-order valence-electron chi connectivity index (χ0n) is 15.7. The summed E-state index contributed by atoms with van der Waals surface area (Å²) in [7, 11) is 0. The Morgan fingerprint density at radius 2 is 1.77 bits per heavy atom. The van der Waals surface area contributed by atoms with Crippen LogP contribution in [0, 0.1) is 6.92 Å². The van der Waals surface area contributed by atoms with E-state index in [9.17, 15) is 13.2 Å². The Hall–Kier alpha value is -3.82. The number of ether oxygens (including phenoxy) is 1. The van der Waals surface area contributed by atoms with Crippen LogP contribution in [0.25, 0.3) is 23.0 Å². The lowest BCUT2D eigenvalue weighted by Gasteiger charge is -2.08. The molecular formula is C20H16F3N5O2. The molecular weight excluding hydrogens is 399 g/mol. The maximum absolute atomic E-state index is 12.3. The van der Waals surface area contributed by atoms with Crippen LogP contribution in [0.1, 0.15) is 11.1 Å². The normalized spacial score (nSPS) is 11.6. The average molecular weight is 415 g/mol. The molecule has 0 amide bonds. The molecule has 2 N–H and O–H groups in total. The smallest absolute Gasteiger partial charge is 0.406 e. The number of anilines is 1. The van der Waals surface area contributed by atoms with Gasteiger partial charge in [-0.15, -0.1) is 13.2 Å². The number of halogens is 3. The molecule has 4 aromatic rings. The van der Waals surface area contributed by atoms with Crippen molar-refractivity contribution in [3.63, 3.8) is 0 Å². The fourth-order valence-corrected chi connectivity index (χ4v) is 2.78. The zero-order chi connectivity index (χ0) is 21.3. The number of aryl methyl sites for hydroxylation is 1. The summed E-state index contributed by atoms with van der Waals surface area (Å²) >= 11 is 0. The van der Waals surface area contributed by atoms with Gasteiger partial charge < -0.3 is 15.0 Å². The molecule has 2 heterocycles. The van der Waals surface area contributed by atoms with E-state index in [1.165, 1.54) is 24.3 Å². The van der Waals surface area contributed by atoms with E-state index in [0.717, 1.165) is 11.1 Å². The number of hydrogen-bond acceptors (Lipinski definition) is 6. The van der Waals surface area contributed by atoms with Gasteiger partial charge >= 0.3 is 6.36 Å². The summed E-state index contributed by atoms with van der Waals surface area (Å²) < 4.78 is 47.5. The number of aromatic nitrogens is 4. The van der Waals surface area contributed by atoms with E-state index in [1.54, 1.807) is 10.7 Å². The van der Waals surface area contributed by atoms with Crippen molar-refractivity contribution in [1.29, 1.82) is 0 Å². The fraction of sp³-hybridized carbons (Fsp3) is 0.150. The van der Waals surface area contributed by atoms with Crippen LogP contribution in [0.3, 0.4) is 0 Å². The van der Waals surface area contributed by atoms with Crippen molar-refractivity contribution in [3.05, 3.63) is 65.7 Å². The van der Waals surface area contributed by atoms with Crippen molar-refractivity contribution in [2.45, 2.75) is 19.8 Å². The summed E-state index contributed by atoms with van der Waals surface area (Å²) in [5.41, 5.74) is 9.10. The lowest BCUT2D eigenvalue weighted by molar-refractivity contribution is -0.274. The standard InChI is InChI=1S/C20H16F3N5O2/c1-12-2-4-13(5-3-12)11-28-17(24)10-16(26-28)19-25-18(27-30-19)14-6-8-15(9-7-14)29-20(21,22)23/h2-10H,11,24H2,1H3. The van der Waals surface area contributed by atoms with Crippen molar-refractivity contribution >= 4 is 5.82 Å². The van der Waals surface area contributed by atoms with Gasteiger partial charge in [0.15, 0.2) is 5.69 Å². The summed E-state index contributed by atoms with van der Waals surface area (Å²) in [5.74, 6) is 0.446. The van der Waals surface area contributed by atoms with Crippen LogP contribution in [-0.2, 0) is 6.54 Å². The first-order valence-electron chi connectivity index (χ1n) is 8.86. The molecule has 30 heavy (non-hydrogen) atoms. The number of alkyl halides is 3. The first kappa shape index (κ1) is 19.5. The van der Waals surface area contributed by atoms with Crippen LogP contribution in [0.2, 0.25) is 0 Å². The summed E-state index contributed by atoms with van der Waals surface area (Å²) in [6, 6.07) is 14.8. The maximum Gasteiger partial charge on any atom is 0.573 e. The highest BCUT2D eigenvalue weighted by molar-refractivity contribution is 5.60. The monoisotopic (exact) mass is 415 g/mol. The Morgan fingerprint density at radius 3 is 2.43 bits per heavy atom. The summed E-state index contributed by atoms with van der Waals surface area (Å²) in [5, 5.41) is 8.27. The third-order valence-corrected chi connectivity index (χ3v) is 4.26. The summed E-state index contributed by atoms with van der Waals surface area (Å²) in [6.07, 6.45) is -4.75. The van der Waals surface area contributed by atoms with Gasteiger partial charge in [0.25, 0.3) is 5.89 Å². The van der Waals surface area contributed by atoms with Crippen LogP contribution >= 0.6 is 0 Å². The number of rotatable bonds is 5. The van der Waals surface area contributed by atoms with E-state index < -0.39 is 6.36 Å². The lowest BCUT2D eigenvalue weighted by Crippen LogP contribution is -2.16. The second-order valence-corrected chi connectivity index (χ2v) is 6.59. The van der Waals surface area contributed by atoms with Crippen molar-refractivity contribution in [1.82, 2.24) is 19.9 Å². The van der Waals surface area contributed by atoms with Gasteiger partial charge in [0.05, 0.1) is 6.54 Å². The molecule has 0 radical (unpaired) electrons. The van der Waals surface area contributed by atoms with Crippen molar-refractivity contribution in [3.8, 4) is 28.7 Å². The van der Waals surface area contributed by atoms with Crippen LogP contribution in [0.4, 0.5) is 19.0 Å². The molecule has 0 unspecified atom stereocenters. The molecule has 154 valence electrons. The first-order valence-corrected chi connectivity index (χ1v) is 8.86. The van der Waals surface area contributed by atoms with E-state index in [1.807, 2.05) is 31.2 Å². The molecule has 2 aromatic heterocycles. The largest absolute Gasteiger partial charge is 0.573 e. The van der Waals surface area contributed by atoms with Crippen molar-refractivity contribution in [2.24, 2.45) is 0 Å². The highest BCUT2D eigenvalue weighted by Crippen LogP contribution is 2.27. The average Bonchev–Trinajstić information content (AvgIpc) is 3.30. The van der Waals surface area contributed by atoms with E-state index in [0.29, 0.717) is 23.6 Å². The van der Waals surface area contributed by atoms with Crippen LogP contribution in [-0.4, -0.2) is 26.3 Å². The number of hydrogen-bond donors (Lipinski definition) is 1. The van der Waals surface area contributed by atoms with E-state index in [-0.39, 0.29) is 17.5 Å². The number of nitrogens with zero attached hydrogens (tertiary/aromatic N) is 4. The summed E-state index contributed by atoms with van der Waals surface area (Å²) in [4.78, 5) is 4.26. The Balaban J connectivity index is 1.52. The molecule has 0 fully saturated rings. The number of benzene rings is 2. The van der Waals surface area contributed by atoms with Gasteiger partial charge in [-0.25, -0.2) is 4.68 Å². The highest BCUT2D eigenvalue weighted by atomic mass is 19.4.